The number of aromatic nitrogens is 4. The van der Waals surface area contributed by atoms with Crippen molar-refractivity contribution in [3.63, 3.8) is 0 Å². The van der Waals surface area contributed by atoms with Crippen molar-refractivity contribution in [1.29, 1.82) is 0 Å². The van der Waals surface area contributed by atoms with E-state index in [1.807, 2.05) is 30.3 Å². The van der Waals surface area contributed by atoms with Gasteiger partial charge in [0.25, 0.3) is 17.0 Å². The van der Waals surface area contributed by atoms with Gasteiger partial charge in [-0.15, -0.1) is 11.3 Å². The van der Waals surface area contributed by atoms with E-state index >= 15 is 0 Å². The van der Waals surface area contributed by atoms with Gasteiger partial charge in [-0.2, -0.15) is 0 Å². The minimum absolute atomic E-state index is 0.0272. The quantitative estimate of drug-likeness (QED) is 0.368. The lowest BCUT2D eigenvalue weighted by Gasteiger charge is -2.12. The van der Waals surface area contributed by atoms with Crippen molar-refractivity contribution in [2.75, 3.05) is 14.1 Å². The minimum atomic E-state index is -0.531. The minimum Gasteiger partial charge on any atom is -0.344 e. The maximum absolute atomic E-state index is 13.7. The molecule has 4 aromatic heterocycles. The predicted octanol–water partition coefficient (Wildman–Crippen LogP) is 2.34. The van der Waals surface area contributed by atoms with Crippen molar-refractivity contribution in [1.82, 2.24) is 23.4 Å². The lowest BCUT2D eigenvalue weighted by molar-refractivity contribution is 0.0831. The van der Waals surface area contributed by atoms with Gasteiger partial charge in [-0.3, -0.25) is 27.9 Å². The number of amides is 1. The molecule has 0 aliphatic rings. The molecule has 0 atom stereocenters. The van der Waals surface area contributed by atoms with Crippen LogP contribution in [0.4, 0.5) is 0 Å². The third kappa shape index (κ3) is 3.95. The Hall–Kier alpha value is -4.31. The van der Waals surface area contributed by atoms with Gasteiger partial charge in [0, 0.05) is 26.4 Å². The van der Waals surface area contributed by atoms with E-state index in [1.54, 1.807) is 45.4 Å². The van der Waals surface area contributed by atoms with Gasteiger partial charge >= 0.3 is 5.69 Å². The third-order valence-electron chi connectivity index (χ3n) is 6.02. The molecule has 5 rings (SSSR count). The zero-order valence-corrected chi connectivity index (χ0v) is 20.8. The Morgan fingerprint density at radius 1 is 0.972 bits per heavy atom. The molecule has 10 heteroatoms. The molecule has 0 saturated heterocycles. The van der Waals surface area contributed by atoms with Gasteiger partial charge < -0.3 is 4.90 Å². The van der Waals surface area contributed by atoms with Crippen LogP contribution in [0.25, 0.3) is 15.9 Å². The fourth-order valence-electron chi connectivity index (χ4n) is 4.19. The summed E-state index contributed by atoms with van der Waals surface area (Å²) in [5.74, 6) is -0.246. The summed E-state index contributed by atoms with van der Waals surface area (Å²) >= 11 is 1.10. The second kappa shape index (κ2) is 9.04. The number of hydrogen-bond acceptors (Lipinski definition) is 6. The van der Waals surface area contributed by atoms with Gasteiger partial charge in [0.15, 0.2) is 0 Å². The number of carbonyl (C=O) groups is 1. The standard InChI is InChI=1S/C26H23N5O4S/c1-16-21-23(33)30(14-17-9-5-4-6-10-17)26(35)31(25(21)36-22(16)24(34)28(2)3)15-18-13-20(32)29-12-8-7-11-19(29)27-18/h4-13H,14-15H2,1-3H3. The van der Waals surface area contributed by atoms with Crippen LogP contribution in [0, 0.1) is 6.92 Å². The second-order valence-corrected chi connectivity index (χ2v) is 9.70. The fraction of sp³-hybridized carbons (Fsp3) is 0.192. The fourth-order valence-corrected chi connectivity index (χ4v) is 5.51. The van der Waals surface area contributed by atoms with Crippen molar-refractivity contribution in [2.45, 2.75) is 20.0 Å². The number of pyridine rings is 1. The topological polar surface area (TPSA) is 98.7 Å². The van der Waals surface area contributed by atoms with Gasteiger partial charge in [-0.05, 0) is 30.2 Å². The van der Waals surface area contributed by atoms with Crippen LogP contribution in [0.2, 0.25) is 0 Å². The van der Waals surface area contributed by atoms with Gasteiger partial charge in [0.2, 0.25) is 0 Å². The molecule has 4 heterocycles. The maximum Gasteiger partial charge on any atom is 0.332 e. The summed E-state index contributed by atoms with van der Waals surface area (Å²) < 4.78 is 4.03. The molecule has 0 aliphatic carbocycles. The highest BCUT2D eigenvalue weighted by atomic mass is 32.1. The molecule has 0 spiro atoms. The Morgan fingerprint density at radius 2 is 1.69 bits per heavy atom. The van der Waals surface area contributed by atoms with Crippen LogP contribution < -0.4 is 16.8 Å². The molecule has 0 unspecified atom stereocenters. The third-order valence-corrected chi connectivity index (χ3v) is 7.33. The van der Waals surface area contributed by atoms with E-state index in [0.29, 0.717) is 32.0 Å². The SMILES string of the molecule is Cc1c(C(=O)N(C)C)sc2c1c(=O)n(Cc1ccccc1)c(=O)n2Cc1cc(=O)n2ccccc2n1. The van der Waals surface area contributed by atoms with Crippen molar-refractivity contribution >= 4 is 33.1 Å². The molecule has 182 valence electrons. The number of carbonyl (C=O) groups excluding carboxylic acids is 1. The van der Waals surface area contributed by atoms with Crippen LogP contribution in [0.3, 0.4) is 0 Å². The molecule has 1 amide bonds. The summed E-state index contributed by atoms with van der Waals surface area (Å²) in [7, 11) is 3.28. The molecule has 0 saturated carbocycles. The molecule has 0 aliphatic heterocycles. The lowest BCUT2D eigenvalue weighted by atomic mass is 10.2. The first-order valence-corrected chi connectivity index (χ1v) is 12.1. The monoisotopic (exact) mass is 501 g/mol. The molecule has 0 N–H and O–H groups in total. The Labute approximate surface area is 209 Å². The first-order chi connectivity index (χ1) is 17.3. The summed E-state index contributed by atoms with van der Waals surface area (Å²) in [6, 6.07) is 15.8. The van der Waals surface area contributed by atoms with E-state index < -0.39 is 11.2 Å². The number of rotatable bonds is 5. The van der Waals surface area contributed by atoms with E-state index in [2.05, 4.69) is 4.98 Å². The van der Waals surface area contributed by atoms with Gasteiger partial charge in [-0.25, -0.2) is 9.78 Å². The smallest absolute Gasteiger partial charge is 0.332 e. The number of hydrogen-bond donors (Lipinski definition) is 0. The predicted molar refractivity (Wildman–Crippen MR) is 139 cm³/mol. The van der Waals surface area contributed by atoms with E-state index in [9.17, 15) is 19.2 Å². The highest BCUT2D eigenvalue weighted by molar-refractivity contribution is 7.20. The van der Waals surface area contributed by atoms with Gasteiger partial charge in [0.05, 0.1) is 29.0 Å². The van der Waals surface area contributed by atoms with E-state index in [4.69, 9.17) is 0 Å². The average Bonchev–Trinajstić information content (AvgIpc) is 3.21. The average molecular weight is 502 g/mol. The maximum atomic E-state index is 13.7. The van der Waals surface area contributed by atoms with Crippen molar-refractivity contribution in [3.8, 4) is 0 Å². The van der Waals surface area contributed by atoms with E-state index in [-0.39, 0.29) is 24.6 Å². The summed E-state index contributed by atoms with van der Waals surface area (Å²) in [5.41, 5.74) is 0.898. The highest BCUT2D eigenvalue weighted by Crippen LogP contribution is 2.29. The van der Waals surface area contributed by atoms with Crippen LogP contribution in [0.1, 0.15) is 26.5 Å². The molecule has 0 bridgehead atoms. The molecule has 0 radical (unpaired) electrons. The summed E-state index contributed by atoms with van der Waals surface area (Å²) in [4.78, 5) is 59.6. The van der Waals surface area contributed by atoms with Crippen LogP contribution in [-0.4, -0.2) is 43.4 Å². The zero-order valence-electron chi connectivity index (χ0n) is 20.0. The highest BCUT2D eigenvalue weighted by Gasteiger charge is 2.24. The zero-order chi connectivity index (χ0) is 25.6. The van der Waals surface area contributed by atoms with Gasteiger partial charge in [-0.1, -0.05) is 36.4 Å². The Morgan fingerprint density at radius 3 is 2.42 bits per heavy atom. The molecular weight excluding hydrogens is 478 g/mol. The summed E-state index contributed by atoms with van der Waals surface area (Å²) in [5, 5.41) is 0.318. The number of thiophene rings is 1. The molecule has 0 fully saturated rings. The summed E-state index contributed by atoms with van der Waals surface area (Å²) in [6.45, 7) is 1.77. The number of benzene rings is 1. The van der Waals surface area contributed by atoms with Crippen molar-refractivity contribution in [3.05, 3.63) is 114 Å². The molecule has 9 nitrogen and oxygen atoms in total. The van der Waals surface area contributed by atoms with Crippen LogP contribution in [0.15, 0.2) is 75.2 Å². The van der Waals surface area contributed by atoms with Crippen LogP contribution in [-0.2, 0) is 13.1 Å². The van der Waals surface area contributed by atoms with E-state index in [1.165, 1.54) is 24.5 Å². The molecule has 5 aromatic rings. The Balaban J connectivity index is 1.77. The Bertz CT molecular complexity index is 1810. The van der Waals surface area contributed by atoms with Crippen molar-refractivity contribution < 1.29 is 4.79 Å². The first kappa shape index (κ1) is 23.4. The van der Waals surface area contributed by atoms with Crippen molar-refractivity contribution in [2.24, 2.45) is 0 Å². The van der Waals surface area contributed by atoms with Crippen LogP contribution >= 0.6 is 11.3 Å². The first-order valence-electron chi connectivity index (χ1n) is 11.3. The molecule has 36 heavy (non-hydrogen) atoms. The number of fused-ring (bicyclic) bond motifs is 2. The van der Waals surface area contributed by atoms with Gasteiger partial charge in [0.1, 0.15) is 10.5 Å². The largest absolute Gasteiger partial charge is 0.344 e. The Kier molecular flexibility index (Phi) is 5.89. The number of aryl methyl sites for hydroxylation is 1. The molecule has 1 aromatic carbocycles. The van der Waals surface area contributed by atoms with E-state index in [0.717, 1.165) is 16.9 Å². The number of nitrogens with zero attached hydrogens (tertiary/aromatic N) is 5. The lowest BCUT2D eigenvalue weighted by Crippen LogP contribution is -2.40. The second-order valence-electron chi connectivity index (χ2n) is 8.70. The molecular formula is C26H23N5O4S. The summed E-state index contributed by atoms with van der Waals surface area (Å²) in [6.07, 6.45) is 1.63. The van der Waals surface area contributed by atoms with Crippen LogP contribution in [0.5, 0.6) is 0 Å². The normalized spacial score (nSPS) is 11.3.